The average molecular weight is 407 g/mol. The fraction of sp³-hybridized carbons (Fsp3) is 0.136. The van der Waals surface area contributed by atoms with Gasteiger partial charge in [-0.25, -0.2) is 13.4 Å². The number of para-hydroxylation sites is 1. The summed E-state index contributed by atoms with van der Waals surface area (Å²) in [5.41, 5.74) is 12.1. The van der Waals surface area contributed by atoms with Crippen molar-refractivity contribution in [3.63, 3.8) is 0 Å². The lowest BCUT2D eigenvalue weighted by molar-refractivity contribution is 0.607. The van der Waals surface area contributed by atoms with Crippen LogP contribution < -0.4 is 10.5 Å². The van der Waals surface area contributed by atoms with Gasteiger partial charge in [-0.15, -0.1) is 0 Å². The number of imidazole rings is 1. The molecule has 3 aromatic carbocycles. The van der Waals surface area contributed by atoms with E-state index < -0.39 is 10.0 Å². The lowest BCUT2D eigenvalue weighted by Gasteiger charge is -2.13. The summed E-state index contributed by atoms with van der Waals surface area (Å²) in [6.07, 6.45) is 2.93. The molecule has 4 aromatic rings. The van der Waals surface area contributed by atoms with Gasteiger partial charge in [0.15, 0.2) is 0 Å². The second kappa shape index (κ2) is 7.35. The second-order valence-electron chi connectivity index (χ2n) is 7.12. The average Bonchev–Trinajstić information content (AvgIpc) is 3.10. The van der Waals surface area contributed by atoms with Gasteiger partial charge in [0.05, 0.1) is 23.0 Å². The molecule has 0 spiro atoms. The normalized spacial score (nSPS) is 12.8. The minimum atomic E-state index is -3.38. The van der Waals surface area contributed by atoms with Gasteiger partial charge in [0.25, 0.3) is 0 Å². The van der Waals surface area contributed by atoms with Crippen molar-refractivity contribution < 1.29 is 8.42 Å². The van der Waals surface area contributed by atoms with Crippen LogP contribution in [0.1, 0.15) is 18.5 Å². The quantitative estimate of drug-likeness (QED) is 0.522. The Kier molecular flexibility index (Phi) is 4.86. The van der Waals surface area contributed by atoms with Crippen molar-refractivity contribution in [2.45, 2.75) is 13.0 Å². The van der Waals surface area contributed by atoms with Gasteiger partial charge in [0.1, 0.15) is 6.33 Å². The SMILES string of the molecule is C[C@@H](N)c1ccc2c(c1)ncn2-c1cccc(-c2ccccc2NS(C)(=O)=O)c1. The molecule has 29 heavy (non-hydrogen) atoms. The maximum atomic E-state index is 11.7. The fourth-order valence-corrected chi connectivity index (χ4v) is 3.94. The zero-order valence-electron chi connectivity index (χ0n) is 16.2. The molecule has 0 aliphatic heterocycles. The molecular weight excluding hydrogens is 384 g/mol. The fourth-order valence-electron chi connectivity index (χ4n) is 3.37. The van der Waals surface area contributed by atoms with Crippen LogP contribution in [0.15, 0.2) is 73.1 Å². The molecule has 1 atom stereocenters. The molecular formula is C22H22N4O2S. The topological polar surface area (TPSA) is 90.0 Å². The Bertz CT molecular complexity index is 1290. The molecule has 6 nitrogen and oxygen atoms in total. The number of nitrogens with two attached hydrogens (primary N) is 1. The number of anilines is 1. The first-order valence-electron chi connectivity index (χ1n) is 9.22. The minimum Gasteiger partial charge on any atom is -0.324 e. The lowest BCUT2D eigenvalue weighted by atomic mass is 10.0. The van der Waals surface area contributed by atoms with Crippen molar-refractivity contribution in [1.82, 2.24) is 9.55 Å². The molecule has 0 bridgehead atoms. The van der Waals surface area contributed by atoms with E-state index in [1.807, 2.05) is 66.1 Å². The van der Waals surface area contributed by atoms with Crippen LogP contribution in [0.2, 0.25) is 0 Å². The van der Waals surface area contributed by atoms with E-state index in [9.17, 15) is 8.42 Å². The Morgan fingerprint density at radius 2 is 1.83 bits per heavy atom. The molecule has 0 aliphatic carbocycles. The van der Waals surface area contributed by atoms with Gasteiger partial charge in [0, 0.05) is 17.3 Å². The van der Waals surface area contributed by atoms with Gasteiger partial charge < -0.3 is 5.73 Å². The van der Waals surface area contributed by atoms with Crippen molar-refractivity contribution in [2.24, 2.45) is 5.73 Å². The Morgan fingerprint density at radius 1 is 1.03 bits per heavy atom. The summed E-state index contributed by atoms with van der Waals surface area (Å²) in [4.78, 5) is 4.52. The van der Waals surface area contributed by atoms with E-state index in [0.29, 0.717) is 5.69 Å². The molecule has 7 heteroatoms. The van der Waals surface area contributed by atoms with Gasteiger partial charge in [-0.2, -0.15) is 0 Å². The van der Waals surface area contributed by atoms with Crippen molar-refractivity contribution >= 4 is 26.7 Å². The Balaban J connectivity index is 1.79. The highest BCUT2D eigenvalue weighted by Gasteiger charge is 2.11. The highest BCUT2D eigenvalue weighted by Crippen LogP contribution is 2.31. The number of nitrogens with one attached hydrogen (secondary N) is 1. The van der Waals surface area contributed by atoms with Crippen molar-refractivity contribution in [3.8, 4) is 16.8 Å². The second-order valence-corrected chi connectivity index (χ2v) is 8.87. The summed E-state index contributed by atoms with van der Waals surface area (Å²) in [5, 5.41) is 0. The summed E-state index contributed by atoms with van der Waals surface area (Å²) < 4.78 is 28.1. The summed E-state index contributed by atoms with van der Waals surface area (Å²) in [6, 6.07) is 21.3. The van der Waals surface area contributed by atoms with Crippen molar-refractivity contribution in [2.75, 3.05) is 11.0 Å². The van der Waals surface area contributed by atoms with E-state index >= 15 is 0 Å². The third-order valence-corrected chi connectivity index (χ3v) is 5.35. The van der Waals surface area contributed by atoms with E-state index in [4.69, 9.17) is 5.73 Å². The number of nitrogens with zero attached hydrogens (tertiary/aromatic N) is 2. The number of aromatic nitrogens is 2. The van der Waals surface area contributed by atoms with Crippen LogP contribution in [-0.4, -0.2) is 24.2 Å². The van der Waals surface area contributed by atoms with Crippen LogP contribution in [0.4, 0.5) is 5.69 Å². The number of rotatable bonds is 5. The zero-order chi connectivity index (χ0) is 20.6. The van der Waals surface area contributed by atoms with Crippen LogP contribution in [0.5, 0.6) is 0 Å². The predicted molar refractivity (Wildman–Crippen MR) is 118 cm³/mol. The Morgan fingerprint density at radius 3 is 2.59 bits per heavy atom. The highest BCUT2D eigenvalue weighted by molar-refractivity contribution is 7.92. The van der Waals surface area contributed by atoms with Crippen LogP contribution in [0, 0.1) is 0 Å². The van der Waals surface area contributed by atoms with Gasteiger partial charge in [-0.3, -0.25) is 9.29 Å². The summed E-state index contributed by atoms with van der Waals surface area (Å²) in [5.74, 6) is 0. The number of hydrogen-bond acceptors (Lipinski definition) is 4. The van der Waals surface area contributed by atoms with E-state index in [2.05, 4.69) is 9.71 Å². The predicted octanol–water partition coefficient (Wildman–Crippen LogP) is 4.08. The third-order valence-electron chi connectivity index (χ3n) is 4.75. The van der Waals surface area contributed by atoms with Gasteiger partial charge in [-0.05, 0) is 48.4 Å². The lowest BCUT2D eigenvalue weighted by Crippen LogP contribution is -2.10. The van der Waals surface area contributed by atoms with Gasteiger partial charge in [0.2, 0.25) is 10.0 Å². The Labute approximate surface area is 170 Å². The molecule has 0 unspecified atom stereocenters. The largest absolute Gasteiger partial charge is 0.324 e. The number of hydrogen-bond donors (Lipinski definition) is 2. The number of benzene rings is 3. The first-order valence-corrected chi connectivity index (χ1v) is 11.1. The third kappa shape index (κ3) is 4.01. The van der Waals surface area contributed by atoms with E-state index in [1.165, 1.54) is 0 Å². The van der Waals surface area contributed by atoms with Crippen LogP contribution in [0.3, 0.4) is 0 Å². The van der Waals surface area contributed by atoms with Crippen molar-refractivity contribution in [3.05, 3.63) is 78.6 Å². The summed E-state index contributed by atoms with van der Waals surface area (Å²) >= 11 is 0. The molecule has 1 heterocycles. The Hall–Kier alpha value is -3.16. The van der Waals surface area contributed by atoms with Crippen LogP contribution >= 0.6 is 0 Å². The van der Waals surface area contributed by atoms with Crippen molar-refractivity contribution in [1.29, 1.82) is 0 Å². The smallest absolute Gasteiger partial charge is 0.229 e. The molecule has 0 saturated carbocycles. The molecule has 3 N–H and O–H groups in total. The van der Waals surface area contributed by atoms with E-state index in [0.717, 1.165) is 39.7 Å². The van der Waals surface area contributed by atoms with Gasteiger partial charge >= 0.3 is 0 Å². The molecule has 148 valence electrons. The van der Waals surface area contributed by atoms with Gasteiger partial charge in [-0.1, -0.05) is 36.4 Å². The summed E-state index contributed by atoms with van der Waals surface area (Å²) in [7, 11) is -3.38. The standard InChI is InChI=1S/C22H22N4O2S/c1-15(23)16-10-11-22-21(13-16)24-14-26(22)18-7-5-6-17(12-18)19-8-3-4-9-20(19)25-29(2,27)28/h3-15,25H,23H2,1-2H3/t15-/m1/s1. The summed E-state index contributed by atoms with van der Waals surface area (Å²) in [6.45, 7) is 1.95. The first kappa shape index (κ1) is 19.2. The maximum absolute atomic E-state index is 11.7. The number of sulfonamides is 1. The minimum absolute atomic E-state index is 0.0493. The maximum Gasteiger partial charge on any atom is 0.229 e. The zero-order valence-corrected chi connectivity index (χ0v) is 17.0. The molecule has 0 amide bonds. The highest BCUT2D eigenvalue weighted by atomic mass is 32.2. The van der Waals surface area contributed by atoms with E-state index in [1.54, 1.807) is 18.5 Å². The molecule has 0 aliphatic rings. The molecule has 0 radical (unpaired) electrons. The van der Waals surface area contributed by atoms with Crippen LogP contribution in [-0.2, 0) is 10.0 Å². The van der Waals surface area contributed by atoms with Crippen LogP contribution in [0.25, 0.3) is 27.8 Å². The molecule has 1 aromatic heterocycles. The molecule has 4 rings (SSSR count). The van der Waals surface area contributed by atoms with E-state index in [-0.39, 0.29) is 6.04 Å². The number of fused-ring (bicyclic) bond motifs is 1. The molecule has 0 saturated heterocycles. The first-order chi connectivity index (χ1) is 13.8. The monoisotopic (exact) mass is 406 g/mol. The molecule has 0 fully saturated rings.